The average molecular weight is 415 g/mol. The zero-order valence-electron chi connectivity index (χ0n) is 15.9. The summed E-state index contributed by atoms with van der Waals surface area (Å²) in [5.41, 5.74) is 10.5. The van der Waals surface area contributed by atoms with E-state index in [1.807, 2.05) is 30.3 Å². The minimum absolute atomic E-state index is 0.0802. The third kappa shape index (κ3) is 4.74. The molecule has 3 rings (SSSR count). The Bertz CT molecular complexity index is 1020. The topological polar surface area (TPSA) is 107 Å². The van der Waals surface area contributed by atoms with Gasteiger partial charge in [0.15, 0.2) is 0 Å². The first kappa shape index (κ1) is 21.3. The minimum Gasteiger partial charge on any atom is -0.383 e. The van der Waals surface area contributed by atoms with E-state index >= 15 is 0 Å². The molecule has 0 saturated heterocycles. The number of nitrogen functional groups attached to an aromatic ring is 1. The lowest BCUT2D eigenvalue weighted by atomic mass is 9.99. The first-order chi connectivity index (χ1) is 14.3. The summed E-state index contributed by atoms with van der Waals surface area (Å²) in [7, 11) is 0. The van der Waals surface area contributed by atoms with Gasteiger partial charge in [0, 0.05) is 25.2 Å². The normalized spacial score (nSPS) is 12.4. The van der Waals surface area contributed by atoms with Gasteiger partial charge in [-0.3, -0.25) is 4.79 Å². The summed E-state index contributed by atoms with van der Waals surface area (Å²) in [6.07, 6.45) is -3.41. The molecule has 3 aromatic rings. The predicted molar refractivity (Wildman–Crippen MR) is 108 cm³/mol. The lowest BCUT2D eigenvalue weighted by molar-refractivity contribution is -0.138. The van der Waals surface area contributed by atoms with Gasteiger partial charge in [0.2, 0.25) is 5.78 Å². The minimum atomic E-state index is -4.75. The summed E-state index contributed by atoms with van der Waals surface area (Å²) in [6.45, 7) is 0.664. The Morgan fingerprint density at radius 2 is 1.80 bits per heavy atom. The van der Waals surface area contributed by atoms with Gasteiger partial charge in [-0.15, -0.1) is 0 Å². The van der Waals surface area contributed by atoms with E-state index in [9.17, 15) is 18.0 Å². The number of pyridine rings is 2. The van der Waals surface area contributed by atoms with Crippen molar-refractivity contribution in [1.82, 2.24) is 9.97 Å². The number of benzene rings is 1. The van der Waals surface area contributed by atoms with Crippen LogP contribution in [0.5, 0.6) is 0 Å². The van der Waals surface area contributed by atoms with Crippen LogP contribution in [0.2, 0.25) is 0 Å². The molecule has 1 unspecified atom stereocenters. The van der Waals surface area contributed by atoms with Gasteiger partial charge in [-0.05, 0) is 29.8 Å². The quantitative estimate of drug-likeness (QED) is 0.510. The number of hydrogen-bond acceptors (Lipinski definition) is 6. The second-order valence-electron chi connectivity index (χ2n) is 6.58. The second kappa shape index (κ2) is 8.91. The Morgan fingerprint density at radius 1 is 1.07 bits per heavy atom. The third-order valence-electron chi connectivity index (χ3n) is 4.58. The van der Waals surface area contributed by atoms with Crippen molar-refractivity contribution in [3.63, 3.8) is 0 Å². The maximum atomic E-state index is 13.5. The molecule has 0 spiro atoms. The molecule has 0 saturated carbocycles. The van der Waals surface area contributed by atoms with Crippen LogP contribution in [0.3, 0.4) is 0 Å². The highest BCUT2D eigenvalue weighted by atomic mass is 19.4. The highest BCUT2D eigenvalue weighted by molar-refractivity contribution is 6.11. The molecule has 0 aliphatic rings. The van der Waals surface area contributed by atoms with Gasteiger partial charge in [0.05, 0.1) is 11.1 Å². The van der Waals surface area contributed by atoms with E-state index in [0.29, 0.717) is 13.1 Å². The number of aromatic nitrogens is 2. The molecule has 0 aliphatic carbocycles. The zero-order chi connectivity index (χ0) is 21.7. The summed E-state index contributed by atoms with van der Waals surface area (Å²) >= 11 is 0. The molecule has 2 heterocycles. The largest absolute Gasteiger partial charge is 0.418 e. The van der Waals surface area contributed by atoms with Crippen LogP contribution in [0.15, 0.2) is 60.8 Å². The Balaban J connectivity index is 1.91. The number of halogens is 3. The molecule has 1 aromatic carbocycles. The molecular formula is C21H20F3N5O. The van der Waals surface area contributed by atoms with Crippen molar-refractivity contribution in [3.8, 4) is 0 Å². The molecule has 0 aliphatic heterocycles. The van der Waals surface area contributed by atoms with Crippen molar-refractivity contribution in [2.75, 3.05) is 24.1 Å². The number of alkyl halides is 3. The lowest BCUT2D eigenvalue weighted by Crippen LogP contribution is -2.22. The van der Waals surface area contributed by atoms with Crippen molar-refractivity contribution < 1.29 is 18.0 Å². The van der Waals surface area contributed by atoms with Gasteiger partial charge in [-0.25, -0.2) is 9.97 Å². The van der Waals surface area contributed by atoms with Gasteiger partial charge in [0.1, 0.15) is 17.3 Å². The number of anilines is 2. The Hall–Kier alpha value is -3.46. The average Bonchev–Trinajstić information content (AvgIpc) is 2.74. The Kier molecular flexibility index (Phi) is 6.31. The highest BCUT2D eigenvalue weighted by Gasteiger charge is 2.37. The number of nitrogens with two attached hydrogens (primary N) is 2. The summed E-state index contributed by atoms with van der Waals surface area (Å²) in [6, 6.07) is 14.2. The van der Waals surface area contributed by atoms with Crippen molar-refractivity contribution in [2.24, 2.45) is 5.73 Å². The zero-order valence-corrected chi connectivity index (χ0v) is 15.9. The van der Waals surface area contributed by atoms with Gasteiger partial charge in [-0.2, -0.15) is 13.2 Å². The van der Waals surface area contributed by atoms with E-state index in [2.05, 4.69) is 15.3 Å². The number of rotatable bonds is 7. The molecule has 0 bridgehead atoms. The highest BCUT2D eigenvalue weighted by Crippen LogP contribution is 2.33. The van der Waals surface area contributed by atoms with Crippen LogP contribution in [0, 0.1) is 0 Å². The number of nitrogens with zero attached hydrogens (tertiary/aromatic N) is 2. The third-order valence-corrected chi connectivity index (χ3v) is 4.58. The van der Waals surface area contributed by atoms with Crippen LogP contribution in [0.25, 0.3) is 0 Å². The van der Waals surface area contributed by atoms with Crippen LogP contribution < -0.4 is 16.8 Å². The number of hydrogen-bond donors (Lipinski definition) is 3. The van der Waals surface area contributed by atoms with Gasteiger partial charge < -0.3 is 16.8 Å². The van der Waals surface area contributed by atoms with E-state index in [0.717, 1.165) is 11.6 Å². The number of carbonyl (C=O) groups excluding carboxylic acids is 1. The van der Waals surface area contributed by atoms with Crippen LogP contribution >= 0.6 is 0 Å². The van der Waals surface area contributed by atoms with Crippen molar-refractivity contribution in [1.29, 1.82) is 0 Å². The van der Waals surface area contributed by atoms with Crippen molar-refractivity contribution in [3.05, 3.63) is 83.2 Å². The maximum absolute atomic E-state index is 13.5. The van der Waals surface area contributed by atoms with Crippen LogP contribution in [0.1, 0.15) is 33.1 Å². The molecule has 0 fully saturated rings. The van der Waals surface area contributed by atoms with E-state index < -0.39 is 23.2 Å². The fourth-order valence-corrected chi connectivity index (χ4v) is 2.99. The standard InChI is InChI=1S/C21H20F3N5O/c22-21(23,24)16-8-9-17(28-12-14(11-25)13-5-2-1-3-6-13)29-18(16)19(30)15-7-4-10-27-20(15)26/h1-10,14H,11-12,25H2,(H2,26,27)(H,28,29). The van der Waals surface area contributed by atoms with Crippen LogP contribution in [-0.2, 0) is 6.18 Å². The van der Waals surface area contributed by atoms with E-state index in [-0.39, 0.29) is 23.1 Å². The molecule has 1 atom stereocenters. The van der Waals surface area contributed by atoms with E-state index in [1.165, 1.54) is 24.4 Å². The number of ketones is 1. The SMILES string of the molecule is NCC(CNc1ccc(C(F)(F)F)c(C(=O)c2cccnc2N)n1)c1ccccc1. The van der Waals surface area contributed by atoms with Crippen molar-refractivity contribution >= 4 is 17.4 Å². The Labute approximate surface area is 171 Å². The lowest BCUT2D eigenvalue weighted by Gasteiger charge is -2.18. The van der Waals surface area contributed by atoms with Crippen LogP contribution in [-0.4, -0.2) is 28.8 Å². The molecule has 5 N–H and O–H groups in total. The summed E-state index contributed by atoms with van der Waals surface area (Å²) < 4.78 is 40.4. The molecule has 2 aromatic heterocycles. The first-order valence-electron chi connectivity index (χ1n) is 9.13. The maximum Gasteiger partial charge on any atom is 0.418 e. The first-order valence-corrected chi connectivity index (χ1v) is 9.13. The predicted octanol–water partition coefficient (Wildman–Crippen LogP) is 3.46. The second-order valence-corrected chi connectivity index (χ2v) is 6.58. The van der Waals surface area contributed by atoms with E-state index in [4.69, 9.17) is 11.5 Å². The molecule has 0 amide bonds. The van der Waals surface area contributed by atoms with Crippen LogP contribution in [0.4, 0.5) is 24.8 Å². The number of carbonyl (C=O) groups is 1. The molecule has 9 heteroatoms. The smallest absolute Gasteiger partial charge is 0.383 e. The molecule has 0 radical (unpaired) electrons. The van der Waals surface area contributed by atoms with Gasteiger partial charge in [0.25, 0.3) is 0 Å². The van der Waals surface area contributed by atoms with Gasteiger partial charge in [-0.1, -0.05) is 30.3 Å². The molecule has 6 nitrogen and oxygen atoms in total. The van der Waals surface area contributed by atoms with Crippen molar-refractivity contribution in [2.45, 2.75) is 12.1 Å². The fraction of sp³-hybridized carbons (Fsp3) is 0.190. The summed E-state index contributed by atoms with van der Waals surface area (Å²) in [5.74, 6) is -1.07. The monoisotopic (exact) mass is 415 g/mol. The summed E-state index contributed by atoms with van der Waals surface area (Å²) in [5, 5.41) is 2.98. The molecule has 30 heavy (non-hydrogen) atoms. The Morgan fingerprint density at radius 3 is 2.43 bits per heavy atom. The molecule has 156 valence electrons. The van der Waals surface area contributed by atoms with E-state index in [1.54, 1.807) is 0 Å². The number of nitrogens with one attached hydrogen (secondary N) is 1. The summed E-state index contributed by atoms with van der Waals surface area (Å²) in [4.78, 5) is 20.5. The van der Waals surface area contributed by atoms with Gasteiger partial charge >= 0.3 is 6.18 Å². The molecular weight excluding hydrogens is 395 g/mol. The fourth-order valence-electron chi connectivity index (χ4n) is 2.99.